The van der Waals surface area contributed by atoms with Crippen molar-refractivity contribution < 1.29 is 13.9 Å². The fourth-order valence-corrected chi connectivity index (χ4v) is 3.74. The lowest BCUT2D eigenvalue weighted by Crippen LogP contribution is -2.29. The van der Waals surface area contributed by atoms with Gasteiger partial charge in [0.2, 0.25) is 0 Å². The van der Waals surface area contributed by atoms with E-state index in [1.165, 1.54) is 0 Å². The quantitative estimate of drug-likeness (QED) is 0.620. The van der Waals surface area contributed by atoms with Crippen molar-refractivity contribution in [1.29, 1.82) is 0 Å². The molecule has 1 fully saturated rings. The average Bonchev–Trinajstić information content (AvgIpc) is 3.08. The predicted molar refractivity (Wildman–Crippen MR) is 116 cm³/mol. The molecule has 6 heteroatoms. The third kappa shape index (κ3) is 3.73. The van der Waals surface area contributed by atoms with Crippen molar-refractivity contribution >= 4 is 11.8 Å². The summed E-state index contributed by atoms with van der Waals surface area (Å²) in [5.74, 6) is 0.830. The van der Waals surface area contributed by atoms with Gasteiger partial charge in [-0.15, -0.1) is 0 Å². The van der Waals surface area contributed by atoms with E-state index in [4.69, 9.17) is 4.74 Å². The van der Waals surface area contributed by atoms with Crippen LogP contribution < -0.4 is 9.64 Å². The van der Waals surface area contributed by atoms with E-state index in [0.717, 1.165) is 16.7 Å². The zero-order valence-corrected chi connectivity index (χ0v) is 17.4. The summed E-state index contributed by atoms with van der Waals surface area (Å²) in [6.45, 7) is 3.28. The molecule has 0 atom stereocenters. The number of carbonyl (C=O) groups excluding carboxylic acids is 1. The standard InChI is InChI=1S/C24H24FN3O2/c1-16-5-4-6-18(13-16)22-20(30-3)9-8-19(23(22)25)14-17-7-10-21(26-15-17)28-12-11-27(2)24(28)29/h4-10,13,15H,11-12,14H2,1-3H3. The summed E-state index contributed by atoms with van der Waals surface area (Å²) in [6.07, 6.45) is 2.10. The first-order valence-corrected chi connectivity index (χ1v) is 9.88. The number of pyridine rings is 1. The van der Waals surface area contributed by atoms with Gasteiger partial charge in [-0.2, -0.15) is 0 Å². The highest BCUT2D eigenvalue weighted by Crippen LogP contribution is 2.35. The molecule has 0 spiro atoms. The van der Waals surface area contributed by atoms with Crippen molar-refractivity contribution in [1.82, 2.24) is 9.88 Å². The van der Waals surface area contributed by atoms with Crippen molar-refractivity contribution in [2.45, 2.75) is 13.3 Å². The number of rotatable bonds is 5. The monoisotopic (exact) mass is 405 g/mol. The van der Waals surface area contributed by atoms with Gasteiger partial charge in [0.15, 0.2) is 0 Å². The highest BCUT2D eigenvalue weighted by molar-refractivity contribution is 5.92. The van der Waals surface area contributed by atoms with E-state index in [9.17, 15) is 4.79 Å². The molecule has 4 rings (SSSR count). The Balaban J connectivity index is 1.62. The summed E-state index contributed by atoms with van der Waals surface area (Å²) in [7, 11) is 3.32. The van der Waals surface area contributed by atoms with Crippen molar-refractivity contribution in [2.24, 2.45) is 0 Å². The molecule has 2 aromatic carbocycles. The first-order chi connectivity index (χ1) is 14.5. The summed E-state index contributed by atoms with van der Waals surface area (Å²) in [4.78, 5) is 19.9. The first-order valence-electron chi connectivity index (χ1n) is 9.88. The zero-order chi connectivity index (χ0) is 21.3. The number of nitrogens with zero attached hydrogens (tertiary/aromatic N) is 3. The van der Waals surface area contributed by atoms with E-state index in [0.29, 0.717) is 42.2 Å². The molecule has 1 aromatic heterocycles. The van der Waals surface area contributed by atoms with Crippen molar-refractivity contribution in [3.63, 3.8) is 0 Å². The number of amides is 2. The maximum absolute atomic E-state index is 15.5. The van der Waals surface area contributed by atoms with Crippen molar-refractivity contribution in [3.8, 4) is 16.9 Å². The summed E-state index contributed by atoms with van der Waals surface area (Å²) >= 11 is 0. The molecule has 1 saturated heterocycles. The second-order valence-corrected chi connectivity index (χ2v) is 7.54. The van der Waals surface area contributed by atoms with Crippen LogP contribution in [-0.4, -0.2) is 43.2 Å². The van der Waals surface area contributed by atoms with E-state index in [2.05, 4.69) is 4.98 Å². The third-order valence-corrected chi connectivity index (χ3v) is 5.41. The molecule has 1 aliphatic rings. The van der Waals surface area contributed by atoms with E-state index in [1.54, 1.807) is 42.3 Å². The number of anilines is 1. The largest absolute Gasteiger partial charge is 0.496 e. The van der Waals surface area contributed by atoms with Gasteiger partial charge in [0, 0.05) is 32.8 Å². The summed E-state index contributed by atoms with van der Waals surface area (Å²) in [5.41, 5.74) is 3.75. The second kappa shape index (κ2) is 8.14. The topological polar surface area (TPSA) is 45.7 Å². The molecule has 0 saturated carbocycles. The Morgan fingerprint density at radius 1 is 1.13 bits per heavy atom. The van der Waals surface area contributed by atoms with Crippen LogP contribution >= 0.6 is 0 Å². The Bertz CT molecular complexity index is 1080. The minimum Gasteiger partial charge on any atom is -0.496 e. The molecule has 0 radical (unpaired) electrons. The Morgan fingerprint density at radius 3 is 2.60 bits per heavy atom. The lowest BCUT2D eigenvalue weighted by molar-refractivity contribution is 0.229. The highest BCUT2D eigenvalue weighted by atomic mass is 19.1. The van der Waals surface area contributed by atoms with Gasteiger partial charge < -0.3 is 9.64 Å². The van der Waals surface area contributed by atoms with Crippen LogP contribution in [0.5, 0.6) is 5.75 Å². The number of aryl methyl sites for hydroxylation is 1. The lowest BCUT2D eigenvalue weighted by Gasteiger charge is -2.16. The number of halogens is 1. The van der Waals surface area contributed by atoms with Gasteiger partial charge in [0.05, 0.1) is 12.7 Å². The molecule has 154 valence electrons. The molecule has 30 heavy (non-hydrogen) atoms. The van der Waals surface area contributed by atoms with Crippen LogP contribution in [0.1, 0.15) is 16.7 Å². The van der Waals surface area contributed by atoms with Crippen LogP contribution in [0.15, 0.2) is 54.7 Å². The Morgan fingerprint density at radius 2 is 1.97 bits per heavy atom. The number of ether oxygens (including phenoxy) is 1. The van der Waals surface area contributed by atoms with E-state index >= 15 is 4.39 Å². The maximum atomic E-state index is 15.5. The van der Waals surface area contributed by atoms with Crippen LogP contribution in [0.25, 0.3) is 11.1 Å². The molecule has 0 bridgehead atoms. The molecule has 0 aliphatic carbocycles. The first kappa shape index (κ1) is 19.9. The number of hydrogen-bond acceptors (Lipinski definition) is 3. The fraction of sp³-hybridized carbons (Fsp3) is 0.250. The SMILES string of the molecule is COc1ccc(Cc2ccc(N3CCN(C)C3=O)nc2)c(F)c1-c1cccc(C)c1. The van der Waals surface area contributed by atoms with Gasteiger partial charge in [-0.1, -0.05) is 42.0 Å². The van der Waals surface area contributed by atoms with Gasteiger partial charge in [-0.25, -0.2) is 14.2 Å². The number of hydrogen-bond donors (Lipinski definition) is 0. The van der Waals surface area contributed by atoms with Crippen molar-refractivity contribution in [2.75, 3.05) is 32.1 Å². The van der Waals surface area contributed by atoms with E-state index in [-0.39, 0.29) is 11.8 Å². The number of aromatic nitrogens is 1. The number of carbonyl (C=O) groups is 1. The second-order valence-electron chi connectivity index (χ2n) is 7.54. The highest BCUT2D eigenvalue weighted by Gasteiger charge is 2.27. The van der Waals surface area contributed by atoms with Crippen LogP contribution in [0.2, 0.25) is 0 Å². The minimum atomic E-state index is -0.291. The molecular weight excluding hydrogens is 381 g/mol. The summed E-state index contributed by atoms with van der Waals surface area (Å²) in [5, 5.41) is 0. The molecule has 2 amide bonds. The van der Waals surface area contributed by atoms with Crippen LogP contribution in [0.3, 0.4) is 0 Å². The molecule has 0 N–H and O–H groups in total. The van der Waals surface area contributed by atoms with Crippen LogP contribution in [0, 0.1) is 12.7 Å². The minimum absolute atomic E-state index is 0.0563. The Kier molecular flexibility index (Phi) is 5.40. The normalized spacial score (nSPS) is 13.8. The average molecular weight is 405 g/mol. The molecule has 3 aromatic rings. The number of likely N-dealkylation sites (N-methyl/N-ethyl adjacent to an activating group) is 1. The maximum Gasteiger partial charge on any atom is 0.325 e. The van der Waals surface area contributed by atoms with Gasteiger partial charge in [0.1, 0.15) is 17.4 Å². The smallest absolute Gasteiger partial charge is 0.325 e. The Labute approximate surface area is 175 Å². The summed E-state index contributed by atoms with van der Waals surface area (Å²) in [6, 6.07) is 14.9. The number of methoxy groups -OCH3 is 1. The van der Waals surface area contributed by atoms with Crippen LogP contribution in [-0.2, 0) is 6.42 Å². The molecule has 1 aliphatic heterocycles. The van der Waals surface area contributed by atoms with Gasteiger partial charge >= 0.3 is 6.03 Å². The number of urea groups is 1. The molecule has 0 unspecified atom stereocenters. The molecule has 2 heterocycles. The zero-order valence-electron chi connectivity index (χ0n) is 17.4. The van der Waals surface area contributed by atoms with Crippen molar-refractivity contribution in [3.05, 3.63) is 77.2 Å². The Hall–Kier alpha value is -3.41. The van der Waals surface area contributed by atoms with Gasteiger partial charge in [0.25, 0.3) is 0 Å². The van der Waals surface area contributed by atoms with Crippen LogP contribution in [0.4, 0.5) is 15.0 Å². The van der Waals surface area contributed by atoms with E-state index < -0.39 is 0 Å². The lowest BCUT2D eigenvalue weighted by atomic mass is 9.96. The molecular formula is C24H24FN3O2. The van der Waals surface area contributed by atoms with E-state index in [1.807, 2.05) is 43.3 Å². The van der Waals surface area contributed by atoms with Gasteiger partial charge in [-0.3, -0.25) is 4.90 Å². The third-order valence-electron chi connectivity index (χ3n) is 5.41. The molecule has 5 nitrogen and oxygen atoms in total. The van der Waals surface area contributed by atoms with Gasteiger partial charge in [-0.05, 0) is 35.7 Å². The number of benzene rings is 2. The summed E-state index contributed by atoms with van der Waals surface area (Å²) < 4.78 is 20.9. The predicted octanol–water partition coefficient (Wildman–Crippen LogP) is 4.67. The fourth-order valence-electron chi connectivity index (χ4n) is 3.74.